The predicted octanol–water partition coefficient (Wildman–Crippen LogP) is 1.45. The Balaban J connectivity index is 3.36. The van der Waals surface area contributed by atoms with E-state index in [1.54, 1.807) is 0 Å². The van der Waals surface area contributed by atoms with Gasteiger partial charge >= 0.3 is 5.97 Å². The van der Waals surface area contributed by atoms with Gasteiger partial charge in [-0.25, -0.2) is 17.2 Å². The average molecular weight is 293 g/mol. The molecule has 0 radical (unpaired) electrons. The molecule has 19 heavy (non-hydrogen) atoms. The molecular formula is C11H13F2NO4S. The molecule has 0 saturated heterocycles. The van der Waals surface area contributed by atoms with Crippen molar-refractivity contribution in [3.63, 3.8) is 0 Å². The third kappa shape index (κ3) is 2.90. The summed E-state index contributed by atoms with van der Waals surface area (Å²) in [5.74, 6) is -3.90. The van der Waals surface area contributed by atoms with Crippen LogP contribution in [0.2, 0.25) is 0 Å². The predicted molar refractivity (Wildman–Crippen MR) is 63.0 cm³/mol. The molecule has 0 aliphatic heterocycles. The zero-order chi connectivity index (χ0) is 14.8. The van der Waals surface area contributed by atoms with Gasteiger partial charge in [0.25, 0.3) is 0 Å². The van der Waals surface area contributed by atoms with Crippen LogP contribution in [-0.4, -0.2) is 36.9 Å². The van der Waals surface area contributed by atoms with E-state index in [1.165, 1.54) is 6.92 Å². The second-order valence-electron chi connectivity index (χ2n) is 3.83. The van der Waals surface area contributed by atoms with Crippen LogP contribution in [0, 0.1) is 11.6 Å². The van der Waals surface area contributed by atoms with E-state index in [2.05, 4.69) is 0 Å². The quantitative estimate of drug-likeness (QED) is 0.891. The Labute approximate surface area is 109 Å². The molecule has 0 saturated carbocycles. The summed E-state index contributed by atoms with van der Waals surface area (Å²) in [6.45, 7) is 1.46. The molecule has 1 aromatic carbocycles. The minimum atomic E-state index is -4.55. The summed E-state index contributed by atoms with van der Waals surface area (Å²) in [6, 6.07) is 1.24. The van der Waals surface area contributed by atoms with Crippen LogP contribution in [0.25, 0.3) is 0 Å². The number of hydrogen-bond donors (Lipinski definition) is 1. The number of sulfonamides is 1. The van der Waals surface area contributed by atoms with Crippen molar-refractivity contribution in [3.05, 3.63) is 29.8 Å². The van der Waals surface area contributed by atoms with E-state index >= 15 is 0 Å². The highest BCUT2D eigenvalue weighted by Gasteiger charge is 2.35. The number of nitrogens with zero attached hydrogens (tertiary/aromatic N) is 1. The number of carboxylic acids is 1. The summed E-state index contributed by atoms with van der Waals surface area (Å²) in [5, 5.41) is 8.90. The zero-order valence-electron chi connectivity index (χ0n) is 10.3. The fraction of sp³-hybridized carbons (Fsp3) is 0.364. The molecule has 0 fully saturated rings. The van der Waals surface area contributed by atoms with Crippen molar-refractivity contribution in [1.82, 2.24) is 4.31 Å². The molecule has 1 unspecified atom stereocenters. The van der Waals surface area contributed by atoms with Gasteiger partial charge in [0, 0.05) is 7.05 Å². The lowest BCUT2D eigenvalue weighted by Crippen LogP contribution is -2.42. The van der Waals surface area contributed by atoms with Crippen LogP contribution >= 0.6 is 0 Å². The van der Waals surface area contributed by atoms with Crippen molar-refractivity contribution in [2.75, 3.05) is 7.05 Å². The standard InChI is InChI=1S/C11H13F2NO4S/c1-3-9(11(15)16)14(2)19(17,18)10-7(12)5-4-6-8(10)13/h4-6,9H,3H2,1-2H3,(H,15,16). The van der Waals surface area contributed by atoms with Gasteiger partial charge in [-0.05, 0) is 18.6 Å². The normalized spacial score (nSPS) is 13.5. The van der Waals surface area contributed by atoms with Crippen LogP contribution < -0.4 is 0 Å². The number of aliphatic carboxylic acids is 1. The second kappa shape index (κ2) is 5.62. The molecule has 1 N–H and O–H groups in total. The van der Waals surface area contributed by atoms with Gasteiger partial charge in [0.2, 0.25) is 10.0 Å². The fourth-order valence-corrected chi connectivity index (χ4v) is 3.12. The van der Waals surface area contributed by atoms with Crippen molar-refractivity contribution in [2.24, 2.45) is 0 Å². The van der Waals surface area contributed by atoms with Gasteiger partial charge in [-0.2, -0.15) is 4.31 Å². The number of likely N-dealkylation sites (N-methyl/N-ethyl adjacent to an activating group) is 1. The molecule has 1 atom stereocenters. The van der Waals surface area contributed by atoms with Gasteiger partial charge in [-0.15, -0.1) is 0 Å². The van der Waals surface area contributed by atoms with Gasteiger partial charge in [0.1, 0.15) is 17.7 Å². The van der Waals surface area contributed by atoms with Crippen LogP contribution in [0.1, 0.15) is 13.3 Å². The third-order valence-electron chi connectivity index (χ3n) is 2.67. The van der Waals surface area contributed by atoms with E-state index in [4.69, 9.17) is 5.11 Å². The van der Waals surface area contributed by atoms with Crippen molar-refractivity contribution in [1.29, 1.82) is 0 Å². The Bertz CT molecular complexity index is 568. The first kappa shape index (κ1) is 15.5. The van der Waals surface area contributed by atoms with Gasteiger partial charge in [-0.1, -0.05) is 13.0 Å². The van der Waals surface area contributed by atoms with Gasteiger partial charge in [0.05, 0.1) is 0 Å². The Morgan fingerprint density at radius 1 is 1.37 bits per heavy atom. The highest BCUT2D eigenvalue weighted by atomic mass is 32.2. The van der Waals surface area contributed by atoms with Crippen LogP contribution in [0.15, 0.2) is 23.1 Å². The Kier molecular flexibility index (Phi) is 4.59. The molecule has 0 bridgehead atoms. The number of benzene rings is 1. The highest BCUT2D eigenvalue weighted by molar-refractivity contribution is 7.89. The summed E-state index contributed by atoms with van der Waals surface area (Å²) in [6.07, 6.45) is -0.0267. The maximum atomic E-state index is 13.5. The second-order valence-corrected chi connectivity index (χ2v) is 5.77. The molecule has 106 valence electrons. The van der Waals surface area contributed by atoms with Crippen molar-refractivity contribution in [3.8, 4) is 0 Å². The lowest BCUT2D eigenvalue weighted by molar-refractivity contribution is -0.141. The minimum absolute atomic E-state index is 0.0267. The number of halogens is 2. The first-order valence-corrected chi connectivity index (χ1v) is 6.82. The van der Waals surface area contributed by atoms with E-state index in [1.807, 2.05) is 0 Å². The Morgan fingerprint density at radius 2 is 1.84 bits per heavy atom. The molecule has 1 aromatic rings. The lowest BCUT2D eigenvalue weighted by atomic mass is 10.2. The van der Waals surface area contributed by atoms with E-state index in [-0.39, 0.29) is 6.42 Å². The van der Waals surface area contributed by atoms with Crippen LogP contribution in [0.3, 0.4) is 0 Å². The van der Waals surface area contributed by atoms with Crippen molar-refractivity contribution >= 4 is 16.0 Å². The van der Waals surface area contributed by atoms with Crippen LogP contribution in [0.5, 0.6) is 0 Å². The molecule has 5 nitrogen and oxygen atoms in total. The van der Waals surface area contributed by atoms with E-state index in [9.17, 15) is 22.0 Å². The van der Waals surface area contributed by atoms with E-state index < -0.39 is 38.6 Å². The average Bonchev–Trinajstić information content (AvgIpc) is 2.28. The zero-order valence-corrected chi connectivity index (χ0v) is 11.1. The highest BCUT2D eigenvalue weighted by Crippen LogP contribution is 2.23. The van der Waals surface area contributed by atoms with Crippen molar-refractivity contribution in [2.45, 2.75) is 24.3 Å². The minimum Gasteiger partial charge on any atom is -0.480 e. The summed E-state index contributed by atoms with van der Waals surface area (Å²) >= 11 is 0. The Morgan fingerprint density at radius 3 is 2.21 bits per heavy atom. The molecular weight excluding hydrogens is 280 g/mol. The first-order valence-electron chi connectivity index (χ1n) is 5.38. The third-order valence-corrected chi connectivity index (χ3v) is 4.59. The topological polar surface area (TPSA) is 74.7 Å². The molecule has 8 heteroatoms. The summed E-state index contributed by atoms with van der Waals surface area (Å²) < 4.78 is 51.5. The van der Waals surface area contributed by atoms with Crippen LogP contribution in [-0.2, 0) is 14.8 Å². The smallest absolute Gasteiger partial charge is 0.321 e. The molecule has 0 spiro atoms. The van der Waals surface area contributed by atoms with Gasteiger partial charge in [-0.3, -0.25) is 4.79 Å². The Hall–Kier alpha value is -1.54. The maximum Gasteiger partial charge on any atom is 0.321 e. The van der Waals surface area contributed by atoms with Gasteiger partial charge < -0.3 is 5.11 Å². The summed E-state index contributed by atoms with van der Waals surface area (Å²) in [5.41, 5.74) is 0. The largest absolute Gasteiger partial charge is 0.480 e. The monoisotopic (exact) mass is 293 g/mol. The molecule has 0 aromatic heterocycles. The molecule has 0 aliphatic rings. The molecule has 0 amide bonds. The first-order chi connectivity index (χ1) is 8.73. The van der Waals surface area contributed by atoms with Gasteiger partial charge in [0.15, 0.2) is 4.90 Å². The number of hydrogen-bond acceptors (Lipinski definition) is 3. The SMILES string of the molecule is CCC(C(=O)O)N(C)S(=O)(=O)c1c(F)cccc1F. The fourth-order valence-electron chi connectivity index (χ4n) is 1.63. The maximum absolute atomic E-state index is 13.5. The van der Waals surface area contributed by atoms with E-state index in [0.29, 0.717) is 4.31 Å². The number of rotatable bonds is 5. The van der Waals surface area contributed by atoms with E-state index in [0.717, 1.165) is 25.2 Å². The lowest BCUT2D eigenvalue weighted by Gasteiger charge is -2.23. The molecule has 0 heterocycles. The summed E-state index contributed by atoms with van der Waals surface area (Å²) in [7, 11) is -3.58. The molecule has 1 rings (SSSR count). The number of carbonyl (C=O) groups is 1. The van der Waals surface area contributed by atoms with Crippen molar-refractivity contribution < 1.29 is 27.1 Å². The van der Waals surface area contributed by atoms with Crippen LogP contribution in [0.4, 0.5) is 8.78 Å². The number of carboxylic acid groups (broad SMARTS) is 1. The molecule has 0 aliphatic carbocycles. The summed E-state index contributed by atoms with van der Waals surface area (Å²) in [4.78, 5) is 9.78.